The molecule has 2 amide bonds. The molecule has 1 atom stereocenters. The van der Waals surface area contributed by atoms with Gasteiger partial charge < -0.3 is 15.0 Å². The number of rotatable bonds is 6. The van der Waals surface area contributed by atoms with Crippen molar-refractivity contribution in [1.29, 1.82) is 0 Å². The third kappa shape index (κ3) is 4.26. The zero-order chi connectivity index (χ0) is 20.4. The van der Waals surface area contributed by atoms with Gasteiger partial charge in [0, 0.05) is 31.8 Å². The molecular weight excluding hydrogens is 386 g/mol. The Kier molecular flexibility index (Phi) is 6.15. The predicted octanol–water partition coefficient (Wildman–Crippen LogP) is 1.04. The SMILES string of the molecule is COC1(C(NC(=O)C2CCN(c3ccccc3)CC2)C(=O)NO)CS(O)(O)C1. The molecule has 0 aromatic heterocycles. The summed E-state index contributed by atoms with van der Waals surface area (Å²) in [4.78, 5) is 27.1. The maximum Gasteiger partial charge on any atom is 0.269 e. The highest BCUT2D eigenvalue weighted by Gasteiger charge is 2.57. The van der Waals surface area contributed by atoms with Gasteiger partial charge in [0.15, 0.2) is 0 Å². The average molecular weight is 413 g/mol. The lowest BCUT2D eigenvalue weighted by Crippen LogP contribution is -2.70. The minimum atomic E-state index is -2.83. The summed E-state index contributed by atoms with van der Waals surface area (Å²) in [6.07, 6.45) is 1.26. The molecule has 9 nitrogen and oxygen atoms in total. The van der Waals surface area contributed by atoms with Crippen LogP contribution in [0.2, 0.25) is 0 Å². The Morgan fingerprint density at radius 2 is 1.82 bits per heavy atom. The second-order valence-corrected chi connectivity index (χ2v) is 9.56. The number of hydrogen-bond donors (Lipinski definition) is 5. The summed E-state index contributed by atoms with van der Waals surface area (Å²) >= 11 is 0. The number of ether oxygens (including phenoxy) is 1. The van der Waals surface area contributed by atoms with E-state index in [-0.39, 0.29) is 23.3 Å². The molecule has 0 spiro atoms. The molecule has 2 heterocycles. The Balaban J connectivity index is 1.62. The standard InChI is InChI=1S/C18H27N3O6S/c1-27-18(11-28(25,26)12-18)15(17(23)20-24)19-16(22)13-7-9-21(10-8-13)14-5-3-2-4-6-14/h2-6,13,15,24-26H,7-12H2,1H3,(H,19,22)(H,20,23). The van der Waals surface area contributed by atoms with Crippen molar-refractivity contribution in [2.45, 2.75) is 24.5 Å². The van der Waals surface area contributed by atoms with Gasteiger partial charge >= 0.3 is 0 Å². The number of nitrogens with one attached hydrogen (secondary N) is 2. The van der Waals surface area contributed by atoms with Gasteiger partial charge in [-0.1, -0.05) is 18.2 Å². The fraction of sp³-hybridized carbons (Fsp3) is 0.556. The molecule has 1 unspecified atom stereocenters. The van der Waals surface area contributed by atoms with E-state index in [1.165, 1.54) is 7.11 Å². The first-order valence-electron chi connectivity index (χ1n) is 9.13. The molecule has 10 heteroatoms. The smallest absolute Gasteiger partial charge is 0.269 e. The fourth-order valence-corrected chi connectivity index (χ4v) is 5.99. The summed E-state index contributed by atoms with van der Waals surface area (Å²) in [6.45, 7) is 1.43. The highest BCUT2D eigenvalue weighted by molar-refractivity contribution is 8.25. The molecular formula is C18H27N3O6S. The Morgan fingerprint density at radius 3 is 2.32 bits per heavy atom. The lowest BCUT2D eigenvalue weighted by atomic mass is 9.92. The first kappa shape index (κ1) is 20.9. The second kappa shape index (κ2) is 8.26. The number of hydrogen-bond acceptors (Lipinski definition) is 7. The van der Waals surface area contributed by atoms with E-state index in [1.807, 2.05) is 30.3 Å². The number of piperidine rings is 1. The van der Waals surface area contributed by atoms with Crippen LogP contribution in [0.3, 0.4) is 0 Å². The molecule has 28 heavy (non-hydrogen) atoms. The minimum absolute atomic E-state index is 0.165. The van der Waals surface area contributed by atoms with Gasteiger partial charge in [-0.3, -0.25) is 23.9 Å². The van der Waals surface area contributed by atoms with E-state index in [2.05, 4.69) is 10.2 Å². The van der Waals surface area contributed by atoms with Crippen molar-refractivity contribution in [1.82, 2.24) is 10.8 Å². The van der Waals surface area contributed by atoms with Gasteiger partial charge in [0.05, 0.1) is 11.5 Å². The first-order valence-corrected chi connectivity index (χ1v) is 11.0. The topological polar surface area (TPSA) is 131 Å². The molecule has 0 aliphatic carbocycles. The summed E-state index contributed by atoms with van der Waals surface area (Å²) < 4.78 is 24.9. The largest absolute Gasteiger partial charge is 0.372 e. The number of para-hydroxylation sites is 1. The lowest BCUT2D eigenvalue weighted by molar-refractivity contribution is -0.144. The molecule has 2 aliphatic heterocycles. The number of benzene rings is 1. The van der Waals surface area contributed by atoms with Crippen LogP contribution >= 0.6 is 10.6 Å². The van der Waals surface area contributed by atoms with Gasteiger partial charge in [-0.25, -0.2) is 5.48 Å². The second-order valence-electron chi connectivity index (χ2n) is 7.37. The van der Waals surface area contributed by atoms with Crippen LogP contribution in [0.5, 0.6) is 0 Å². The maximum atomic E-state index is 12.8. The molecule has 3 rings (SSSR count). The normalized spacial score (nSPS) is 23.2. The van der Waals surface area contributed by atoms with Crippen molar-refractivity contribution in [3.63, 3.8) is 0 Å². The summed E-state index contributed by atoms with van der Waals surface area (Å²) in [5.74, 6) is -1.75. The van der Waals surface area contributed by atoms with Gasteiger partial charge in [0.1, 0.15) is 11.6 Å². The molecule has 1 aromatic rings. The number of anilines is 1. The van der Waals surface area contributed by atoms with Crippen molar-refractivity contribution in [2.24, 2.45) is 5.92 Å². The summed E-state index contributed by atoms with van der Waals surface area (Å²) in [5, 5.41) is 11.7. The number of methoxy groups -OCH3 is 1. The van der Waals surface area contributed by atoms with Crippen LogP contribution in [-0.4, -0.2) is 69.5 Å². The molecule has 2 aliphatic rings. The lowest BCUT2D eigenvalue weighted by Gasteiger charge is -2.57. The van der Waals surface area contributed by atoms with E-state index < -0.39 is 28.1 Å². The van der Waals surface area contributed by atoms with Crippen LogP contribution in [0, 0.1) is 5.92 Å². The van der Waals surface area contributed by atoms with Gasteiger partial charge in [0.2, 0.25) is 5.91 Å². The van der Waals surface area contributed by atoms with E-state index >= 15 is 0 Å². The van der Waals surface area contributed by atoms with Gasteiger partial charge in [-0.05, 0) is 25.0 Å². The molecule has 0 saturated carbocycles. The molecule has 156 valence electrons. The molecule has 1 aromatic carbocycles. The molecule has 2 saturated heterocycles. The van der Waals surface area contributed by atoms with E-state index in [4.69, 9.17) is 9.94 Å². The van der Waals surface area contributed by atoms with Gasteiger partial charge in [-0.15, -0.1) is 0 Å². The molecule has 0 bridgehead atoms. The third-order valence-corrected chi connectivity index (χ3v) is 7.43. The molecule has 2 fully saturated rings. The van der Waals surface area contributed by atoms with Crippen LogP contribution in [0.1, 0.15) is 12.8 Å². The van der Waals surface area contributed by atoms with Crippen LogP contribution < -0.4 is 15.7 Å². The van der Waals surface area contributed by atoms with Crippen LogP contribution in [0.25, 0.3) is 0 Å². The van der Waals surface area contributed by atoms with E-state index in [9.17, 15) is 18.7 Å². The number of hydroxylamine groups is 1. The summed E-state index contributed by atoms with van der Waals surface area (Å²) in [6, 6.07) is 8.75. The summed E-state index contributed by atoms with van der Waals surface area (Å²) in [7, 11) is -1.49. The first-order chi connectivity index (χ1) is 13.3. The predicted molar refractivity (Wildman–Crippen MR) is 106 cm³/mol. The van der Waals surface area contributed by atoms with Gasteiger partial charge in [0.25, 0.3) is 5.91 Å². The molecule has 0 radical (unpaired) electrons. The highest BCUT2D eigenvalue weighted by Crippen LogP contribution is 2.56. The number of carbonyl (C=O) groups is 2. The average Bonchev–Trinajstić information content (AvgIpc) is 2.70. The van der Waals surface area contributed by atoms with Crippen molar-refractivity contribution in [3.05, 3.63) is 30.3 Å². The third-order valence-electron chi connectivity index (χ3n) is 5.53. The monoisotopic (exact) mass is 413 g/mol. The number of amides is 2. The summed E-state index contributed by atoms with van der Waals surface area (Å²) in [5.41, 5.74) is 1.41. The van der Waals surface area contributed by atoms with Crippen molar-refractivity contribution in [3.8, 4) is 0 Å². The molecule has 5 N–H and O–H groups in total. The fourth-order valence-electron chi connectivity index (χ4n) is 3.94. The highest BCUT2D eigenvalue weighted by atomic mass is 32.3. The van der Waals surface area contributed by atoms with E-state index in [0.29, 0.717) is 12.8 Å². The van der Waals surface area contributed by atoms with Crippen LogP contribution in [0.15, 0.2) is 30.3 Å². The van der Waals surface area contributed by atoms with Gasteiger partial charge in [-0.2, -0.15) is 10.6 Å². The van der Waals surface area contributed by atoms with Crippen molar-refractivity contribution < 1.29 is 28.6 Å². The minimum Gasteiger partial charge on any atom is -0.372 e. The zero-order valence-corrected chi connectivity index (χ0v) is 16.5. The van der Waals surface area contributed by atoms with Crippen molar-refractivity contribution in [2.75, 3.05) is 36.6 Å². The quantitative estimate of drug-likeness (QED) is 0.348. The Hall–Kier alpha value is -1.85. The number of carbonyl (C=O) groups excluding carboxylic acids is 2. The Morgan fingerprint density at radius 1 is 1.21 bits per heavy atom. The van der Waals surface area contributed by atoms with Crippen LogP contribution in [-0.2, 0) is 14.3 Å². The maximum absolute atomic E-state index is 12.8. The zero-order valence-electron chi connectivity index (χ0n) is 15.7. The van der Waals surface area contributed by atoms with Crippen molar-refractivity contribution >= 4 is 28.1 Å². The number of nitrogens with zero attached hydrogens (tertiary/aromatic N) is 1. The Bertz CT molecular complexity index is 701. The van der Waals surface area contributed by atoms with Crippen LogP contribution in [0.4, 0.5) is 5.69 Å². The van der Waals surface area contributed by atoms with E-state index in [0.717, 1.165) is 18.8 Å². The van der Waals surface area contributed by atoms with E-state index in [1.54, 1.807) is 5.48 Å². The Labute approximate surface area is 165 Å².